The molecule has 0 bridgehead atoms. The SMILES string of the molecule is CC(O)c1cc(S(=O)(=O)O)ccc1N1N=C(C(=O)O)CC1=O. The van der Waals surface area contributed by atoms with Crippen LogP contribution in [0.5, 0.6) is 0 Å². The van der Waals surface area contributed by atoms with E-state index in [4.69, 9.17) is 9.66 Å². The highest BCUT2D eigenvalue weighted by molar-refractivity contribution is 7.85. The summed E-state index contributed by atoms with van der Waals surface area (Å²) in [4.78, 5) is 22.2. The topological polar surface area (TPSA) is 145 Å². The minimum Gasteiger partial charge on any atom is -0.477 e. The summed E-state index contributed by atoms with van der Waals surface area (Å²) >= 11 is 0. The number of amides is 1. The summed E-state index contributed by atoms with van der Waals surface area (Å²) in [5.74, 6) is -1.97. The normalized spacial score (nSPS) is 16.6. The minimum absolute atomic E-state index is 0.0128. The van der Waals surface area contributed by atoms with Crippen molar-refractivity contribution in [1.82, 2.24) is 0 Å². The molecule has 0 saturated heterocycles. The molecule has 1 aromatic carbocycles. The van der Waals surface area contributed by atoms with Crippen LogP contribution in [0.3, 0.4) is 0 Å². The van der Waals surface area contributed by atoms with Gasteiger partial charge in [-0.1, -0.05) is 0 Å². The third kappa shape index (κ3) is 2.98. The molecule has 10 heteroatoms. The van der Waals surface area contributed by atoms with Gasteiger partial charge in [0.1, 0.15) is 0 Å². The van der Waals surface area contributed by atoms with E-state index in [-0.39, 0.29) is 17.0 Å². The largest absolute Gasteiger partial charge is 0.477 e. The van der Waals surface area contributed by atoms with Crippen molar-refractivity contribution in [3.8, 4) is 0 Å². The first kappa shape index (κ1) is 16.1. The smallest absolute Gasteiger partial charge is 0.352 e. The Morgan fingerprint density at radius 3 is 2.50 bits per heavy atom. The maximum absolute atomic E-state index is 11.8. The van der Waals surface area contributed by atoms with E-state index < -0.39 is 39.4 Å². The Kier molecular flexibility index (Phi) is 4.00. The number of nitrogens with zero attached hydrogens (tertiary/aromatic N) is 2. The lowest BCUT2D eigenvalue weighted by Gasteiger charge is -2.18. The van der Waals surface area contributed by atoms with E-state index in [1.165, 1.54) is 6.92 Å². The van der Waals surface area contributed by atoms with Gasteiger partial charge < -0.3 is 10.2 Å². The predicted molar refractivity (Wildman–Crippen MR) is 74.1 cm³/mol. The number of aliphatic hydroxyl groups is 1. The first-order chi connectivity index (χ1) is 10.1. The van der Waals surface area contributed by atoms with Crippen molar-refractivity contribution in [2.75, 3.05) is 5.01 Å². The molecule has 1 unspecified atom stereocenters. The van der Waals surface area contributed by atoms with Crippen LogP contribution in [0.4, 0.5) is 5.69 Å². The van der Waals surface area contributed by atoms with Gasteiger partial charge in [0.05, 0.1) is 23.1 Å². The highest BCUT2D eigenvalue weighted by Crippen LogP contribution is 2.31. The molecule has 1 aromatic rings. The number of benzene rings is 1. The molecule has 22 heavy (non-hydrogen) atoms. The third-order valence-electron chi connectivity index (χ3n) is 3.00. The van der Waals surface area contributed by atoms with E-state index >= 15 is 0 Å². The fourth-order valence-corrected chi connectivity index (χ4v) is 2.47. The van der Waals surface area contributed by atoms with Gasteiger partial charge in [-0.25, -0.2) is 4.79 Å². The number of carbonyl (C=O) groups excluding carboxylic acids is 1. The summed E-state index contributed by atoms with van der Waals surface area (Å²) in [6, 6.07) is 3.19. The molecule has 118 valence electrons. The van der Waals surface area contributed by atoms with Crippen molar-refractivity contribution in [1.29, 1.82) is 0 Å². The molecule has 0 saturated carbocycles. The molecular weight excluding hydrogens is 316 g/mol. The lowest BCUT2D eigenvalue weighted by Crippen LogP contribution is -2.21. The predicted octanol–water partition coefficient (Wildman–Crippen LogP) is 0.164. The Labute approximate surface area is 125 Å². The van der Waals surface area contributed by atoms with E-state index in [2.05, 4.69) is 5.10 Å². The lowest BCUT2D eigenvalue weighted by molar-refractivity contribution is -0.129. The minimum atomic E-state index is -4.48. The zero-order valence-corrected chi connectivity index (χ0v) is 12.1. The van der Waals surface area contributed by atoms with Crippen molar-refractivity contribution in [2.45, 2.75) is 24.3 Å². The van der Waals surface area contributed by atoms with Gasteiger partial charge >= 0.3 is 5.97 Å². The standard InChI is InChI=1S/C12H12N2O7S/c1-6(15)8-4-7(22(19,20)21)2-3-10(8)14-11(16)5-9(13-14)12(17)18/h2-4,6,15H,5H2,1H3,(H,17,18)(H,19,20,21). The van der Waals surface area contributed by atoms with Crippen LogP contribution >= 0.6 is 0 Å². The van der Waals surface area contributed by atoms with Crippen molar-refractivity contribution >= 4 is 33.4 Å². The summed E-state index contributed by atoms with van der Waals surface area (Å²) in [6.07, 6.45) is -1.58. The zero-order chi connectivity index (χ0) is 16.7. The molecule has 2 rings (SSSR count). The summed E-state index contributed by atoms with van der Waals surface area (Å²) in [7, 11) is -4.48. The number of hydrogen-bond donors (Lipinski definition) is 3. The first-order valence-corrected chi connectivity index (χ1v) is 7.48. The molecule has 0 aromatic heterocycles. The highest BCUT2D eigenvalue weighted by atomic mass is 32.2. The van der Waals surface area contributed by atoms with Crippen LogP contribution in [-0.4, -0.2) is 40.8 Å². The number of carboxylic acid groups (broad SMARTS) is 1. The molecule has 1 aliphatic heterocycles. The summed E-state index contributed by atoms with van der Waals surface area (Å²) in [6.45, 7) is 1.33. The quantitative estimate of drug-likeness (QED) is 0.668. The zero-order valence-electron chi connectivity index (χ0n) is 11.3. The van der Waals surface area contributed by atoms with Gasteiger partial charge in [-0.3, -0.25) is 9.35 Å². The van der Waals surface area contributed by atoms with Gasteiger partial charge in [0.15, 0.2) is 5.71 Å². The van der Waals surface area contributed by atoms with Gasteiger partial charge in [0, 0.05) is 5.56 Å². The Bertz CT molecular complexity index is 783. The Hall–Kier alpha value is -2.30. The molecule has 1 amide bonds. The fourth-order valence-electron chi connectivity index (χ4n) is 1.96. The molecule has 0 fully saturated rings. The van der Waals surface area contributed by atoms with Gasteiger partial charge in [0.25, 0.3) is 16.0 Å². The Morgan fingerprint density at radius 2 is 2.05 bits per heavy atom. The second kappa shape index (κ2) is 5.48. The monoisotopic (exact) mass is 328 g/mol. The molecule has 0 aliphatic carbocycles. The maximum atomic E-state index is 11.8. The Morgan fingerprint density at radius 1 is 1.41 bits per heavy atom. The fraction of sp³-hybridized carbons (Fsp3) is 0.250. The molecule has 1 heterocycles. The number of hydrazone groups is 1. The van der Waals surface area contributed by atoms with Crippen LogP contribution < -0.4 is 5.01 Å². The molecule has 1 aliphatic rings. The van der Waals surface area contributed by atoms with Crippen LogP contribution in [-0.2, 0) is 19.7 Å². The summed E-state index contributed by atoms with van der Waals surface area (Å²) in [5, 5.41) is 23.0. The number of aliphatic carboxylic acids is 1. The molecule has 0 spiro atoms. The number of carboxylic acids is 1. The van der Waals surface area contributed by atoms with E-state index in [0.717, 1.165) is 23.2 Å². The number of hydrogen-bond acceptors (Lipinski definition) is 6. The second-order valence-electron chi connectivity index (χ2n) is 4.61. The van der Waals surface area contributed by atoms with Crippen LogP contribution in [0.2, 0.25) is 0 Å². The van der Waals surface area contributed by atoms with E-state index in [9.17, 15) is 23.1 Å². The van der Waals surface area contributed by atoms with Gasteiger partial charge in [0.2, 0.25) is 0 Å². The first-order valence-electron chi connectivity index (χ1n) is 6.04. The van der Waals surface area contributed by atoms with E-state index in [0.29, 0.717) is 0 Å². The van der Waals surface area contributed by atoms with Crippen molar-refractivity contribution in [3.63, 3.8) is 0 Å². The van der Waals surface area contributed by atoms with Crippen LogP contribution in [0.25, 0.3) is 0 Å². The van der Waals surface area contributed by atoms with Gasteiger partial charge in [-0.15, -0.1) is 0 Å². The average Bonchev–Trinajstić information content (AvgIpc) is 2.79. The number of anilines is 1. The van der Waals surface area contributed by atoms with E-state index in [1.807, 2.05) is 0 Å². The third-order valence-corrected chi connectivity index (χ3v) is 3.85. The Balaban J connectivity index is 2.57. The molecular formula is C12H12N2O7S. The summed E-state index contributed by atoms with van der Waals surface area (Å²) in [5.41, 5.74) is -0.303. The van der Waals surface area contributed by atoms with E-state index in [1.54, 1.807) is 0 Å². The van der Waals surface area contributed by atoms with Gasteiger partial charge in [-0.2, -0.15) is 18.5 Å². The number of aliphatic hydroxyl groups excluding tert-OH is 1. The van der Waals surface area contributed by atoms with Crippen molar-refractivity contribution < 1.29 is 32.8 Å². The lowest BCUT2D eigenvalue weighted by atomic mass is 10.1. The van der Waals surface area contributed by atoms with Gasteiger partial charge in [-0.05, 0) is 25.1 Å². The van der Waals surface area contributed by atoms with Crippen LogP contribution in [0, 0.1) is 0 Å². The number of carbonyl (C=O) groups is 2. The van der Waals surface area contributed by atoms with Crippen LogP contribution in [0.15, 0.2) is 28.2 Å². The molecule has 9 nitrogen and oxygen atoms in total. The maximum Gasteiger partial charge on any atom is 0.352 e. The second-order valence-corrected chi connectivity index (χ2v) is 6.03. The molecule has 0 radical (unpaired) electrons. The average molecular weight is 328 g/mol. The summed E-state index contributed by atoms with van der Waals surface area (Å²) < 4.78 is 31.3. The van der Waals surface area contributed by atoms with Crippen molar-refractivity contribution in [2.24, 2.45) is 5.10 Å². The molecule has 3 N–H and O–H groups in total. The van der Waals surface area contributed by atoms with Crippen molar-refractivity contribution in [3.05, 3.63) is 23.8 Å². The van der Waals surface area contributed by atoms with Crippen LogP contribution in [0.1, 0.15) is 25.0 Å². The highest BCUT2D eigenvalue weighted by Gasteiger charge is 2.31. The molecule has 1 atom stereocenters. The number of rotatable bonds is 4.